The highest BCUT2D eigenvalue weighted by Gasteiger charge is 2.33. The molecule has 1 heterocycles. The van der Waals surface area contributed by atoms with Crippen molar-refractivity contribution < 1.29 is 13.2 Å². The van der Waals surface area contributed by atoms with Crippen LogP contribution >= 0.6 is 0 Å². The molecular weight excluding hydrogens is 252 g/mol. The van der Waals surface area contributed by atoms with Crippen LogP contribution in [-0.4, -0.2) is 31.5 Å². The summed E-state index contributed by atoms with van der Waals surface area (Å²) in [7, 11) is -3.00. The average Bonchev–Trinajstić information content (AvgIpc) is 2.68. The number of nitrogens with one attached hydrogen (secondary N) is 1. The number of hydrogen-bond donors (Lipinski definition) is 1. The summed E-state index contributed by atoms with van der Waals surface area (Å²) in [6.07, 6.45) is 4.82. The van der Waals surface area contributed by atoms with E-state index in [0.29, 0.717) is 12.3 Å². The summed E-state index contributed by atoms with van der Waals surface area (Å²) in [5.41, 5.74) is 3.58. The minimum Gasteiger partial charge on any atom is -0.273 e. The molecule has 18 heavy (non-hydrogen) atoms. The molecule has 2 aliphatic rings. The minimum atomic E-state index is -3.00. The van der Waals surface area contributed by atoms with E-state index in [1.54, 1.807) is 0 Å². The van der Waals surface area contributed by atoms with Crippen molar-refractivity contribution in [3.8, 4) is 0 Å². The standard InChI is InChI=1S/C12H20N2O3S/c1-9-4-2-3-5-11(9)13-14-12(15)10-6-7-18(16,17)8-10/h9-10H,2-8H2,1H3,(H,14,15)/t9-,10+/m0/s1. The molecule has 1 aliphatic heterocycles. The van der Waals surface area contributed by atoms with E-state index in [-0.39, 0.29) is 17.4 Å². The van der Waals surface area contributed by atoms with Crippen LogP contribution in [0.15, 0.2) is 5.10 Å². The number of amides is 1. The van der Waals surface area contributed by atoms with Gasteiger partial charge in [0, 0.05) is 5.71 Å². The second kappa shape index (κ2) is 5.38. The van der Waals surface area contributed by atoms with Gasteiger partial charge in [0.05, 0.1) is 17.4 Å². The third-order valence-corrected chi connectivity index (χ3v) is 5.57. The number of nitrogens with zero attached hydrogens (tertiary/aromatic N) is 1. The van der Waals surface area contributed by atoms with Crippen molar-refractivity contribution in [2.45, 2.75) is 39.0 Å². The number of hydrogen-bond acceptors (Lipinski definition) is 4. The second-order valence-electron chi connectivity index (χ2n) is 5.33. The van der Waals surface area contributed by atoms with E-state index in [0.717, 1.165) is 25.0 Å². The summed E-state index contributed by atoms with van der Waals surface area (Å²) in [4.78, 5) is 11.8. The van der Waals surface area contributed by atoms with Crippen molar-refractivity contribution in [3.63, 3.8) is 0 Å². The topological polar surface area (TPSA) is 75.6 Å². The Morgan fingerprint density at radius 2 is 2.11 bits per heavy atom. The zero-order valence-electron chi connectivity index (χ0n) is 10.7. The SMILES string of the molecule is C[C@H]1CCCCC1=NNC(=O)[C@@H]1CCS(=O)(=O)C1. The van der Waals surface area contributed by atoms with Crippen molar-refractivity contribution in [1.82, 2.24) is 5.43 Å². The van der Waals surface area contributed by atoms with E-state index in [1.165, 1.54) is 6.42 Å². The van der Waals surface area contributed by atoms with E-state index in [2.05, 4.69) is 17.5 Å². The highest BCUT2D eigenvalue weighted by molar-refractivity contribution is 7.91. The van der Waals surface area contributed by atoms with Crippen LogP contribution in [-0.2, 0) is 14.6 Å². The van der Waals surface area contributed by atoms with Crippen LogP contribution in [0.4, 0.5) is 0 Å². The Bertz CT molecular complexity index is 456. The van der Waals surface area contributed by atoms with Gasteiger partial charge in [0.15, 0.2) is 9.84 Å². The van der Waals surface area contributed by atoms with Crippen LogP contribution in [0, 0.1) is 11.8 Å². The molecule has 0 aromatic carbocycles. The number of sulfone groups is 1. The van der Waals surface area contributed by atoms with Crippen LogP contribution in [0.3, 0.4) is 0 Å². The molecule has 1 N–H and O–H groups in total. The molecule has 1 saturated heterocycles. The van der Waals surface area contributed by atoms with Crippen molar-refractivity contribution >= 4 is 21.5 Å². The van der Waals surface area contributed by atoms with Gasteiger partial charge in [-0.1, -0.05) is 13.3 Å². The van der Waals surface area contributed by atoms with Crippen molar-refractivity contribution in [2.24, 2.45) is 16.9 Å². The Morgan fingerprint density at radius 3 is 2.72 bits per heavy atom. The molecule has 1 aliphatic carbocycles. The molecule has 0 aromatic rings. The zero-order valence-corrected chi connectivity index (χ0v) is 11.5. The first-order valence-corrected chi connectivity index (χ1v) is 8.37. The van der Waals surface area contributed by atoms with E-state index in [9.17, 15) is 13.2 Å². The van der Waals surface area contributed by atoms with Gasteiger partial charge in [-0.05, 0) is 31.6 Å². The van der Waals surface area contributed by atoms with Gasteiger partial charge >= 0.3 is 0 Å². The van der Waals surface area contributed by atoms with Gasteiger partial charge in [-0.3, -0.25) is 4.79 Å². The van der Waals surface area contributed by atoms with Crippen molar-refractivity contribution in [1.29, 1.82) is 0 Å². The molecule has 0 unspecified atom stereocenters. The van der Waals surface area contributed by atoms with Crippen LogP contribution in [0.5, 0.6) is 0 Å². The molecule has 5 nitrogen and oxygen atoms in total. The Balaban J connectivity index is 1.90. The molecule has 2 atom stereocenters. The zero-order chi connectivity index (χ0) is 13.2. The summed E-state index contributed by atoms with van der Waals surface area (Å²) in [6, 6.07) is 0. The van der Waals surface area contributed by atoms with E-state index in [1.807, 2.05) is 0 Å². The molecule has 0 radical (unpaired) electrons. The molecule has 102 valence electrons. The summed E-state index contributed by atoms with van der Waals surface area (Å²) in [6.45, 7) is 2.12. The second-order valence-corrected chi connectivity index (χ2v) is 7.55. The van der Waals surface area contributed by atoms with Gasteiger partial charge in [0.2, 0.25) is 5.91 Å². The van der Waals surface area contributed by atoms with Gasteiger partial charge in [0.1, 0.15) is 0 Å². The van der Waals surface area contributed by atoms with Gasteiger partial charge in [-0.15, -0.1) is 0 Å². The van der Waals surface area contributed by atoms with Crippen LogP contribution in [0.1, 0.15) is 39.0 Å². The molecule has 1 amide bonds. The lowest BCUT2D eigenvalue weighted by Crippen LogP contribution is -2.30. The lowest BCUT2D eigenvalue weighted by Gasteiger charge is -2.20. The minimum absolute atomic E-state index is 0.0285. The fourth-order valence-electron chi connectivity index (χ4n) is 2.56. The van der Waals surface area contributed by atoms with Gasteiger partial charge in [-0.2, -0.15) is 5.10 Å². The fraction of sp³-hybridized carbons (Fsp3) is 0.833. The van der Waals surface area contributed by atoms with Crippen LogP contribution in [0.25, 0.3) is 0 Å². The first-order chi connectivity index (χ1) is 8.48. The van der Waals surface area contributed by atoms with E-state index >= 15 is 0 Å². The third kappa shape index (κ3) is 3.31. The predicted molar refractivity (Wildman–Crippen MR) is 70.0 cm³/mol. The Hall–Kier alpha value is -0.910. The van der Waals surface area contributed by atoms with Gasteiger partial charge < -0.3 is 0 Å². The number of carbonyl (C=O) groups excluding carboxylic acids is 1. The van der Waals surface area contributed by atoms with E-state index in [4.69, 9.17) is 0 Å². The highest BCUT2D eigenvalue weighted by Crippen LogP contribution is 2.21. The summed E-state index contributed by atoms with van der Waals surface area (Å²) >= 11 is 0. The summed E-state index contributed by atoms with van der Waals surface area (Å²) in [5.74, 6) is -0.150. The maximum atomic E-state index is 11.8. The van der Waals surface area contributed by atoms with Crippen LogP contribution < -0.4 is 5.43 Å². The lowest BCUT2D eigenvalue weighted by atomic mass is 9.89. The number of rotatable bonds is 2. The van der Waals surface area contributed by atoms with Gasteiger partial charge in [-0.25, -0.2) is 13.8 Å². The lowest BCUT2D eigenvalue weighted by molar-refractivity contribution is -0.124. The molecule has 0 aromatic heterocycles. The first kappa shape index (κ1) is 13.5. The maximum Gasteiger partial charge on any atom is 0.244 e. The predicted octanol–water partition coefficient (Wildman–Crippen LogP) is 1.10. The first-order valence-electron chi connectivity index (χ1n) is 6.55. The fourth-order valence-corrected chi connectivity index (χ4v) is 4.30. The average molecular weight is 272 g/mol. The van der Waals surface area contributed by atoms with E-state index < -0.39 is 15.8 Å². The number of carbonyl (C=O) groups is 1. The molecular formula is C12H20N2O3S. The monoisotopic (exact) mass is 272 g/mol. The molecule has 6 heteroatoms. The summed E-state index contributed by atoms with van der Waals surface area (Å²) in [5, 5.41) is 4.18. The summed E-state index contributed by atoms with van der Waals surface area (Å²) < 4.78 is 22.6. The molecule has 0 bridgehead atoms. The largest absolute Gasteiger partial charge is 0.273 e. The van der Waals surface area contributed by atoms with Crippen molar-refractivity contribution in [2.75, 3.05) is 11.5 Å². The normalized spacial score (nSPS) is 33.5. The quantitative estimate of drug-likeness (QED) is 0.765. The number of hydrazone groups is 1. The Kier molecular flexibility index (Phi) is 4.04. The Morgan fingerprint density at radius 1 is 1.33 bits per heavy atom. The molecule has 2 rings (SSSR count). The smallest absolute Gasteiger partial charge is 0.244 e. The Labute approximate surface area is 108 Å². The molecule has 0 spiro atoms. The molecule has 1 saturated carbocycles. The van der Waals surface area contributed by atoms with Crippen molar-refractivity contribution in [3.05, 3.63) is 0 Å². The maximum absolute atomic E-state index is 11.8. The third-order valence-electron chi connectivity index (χ3n) is 3.80. The van der Waals surface area contributed by atoms with Crippen LogP contribution in [0.2, 0.25) is 0 Å². The molecule has 2 fully saturated rings. The highest BCUT2D eigenvalue weighted by atomic mass is 32.2. The van der Waals surface area contributed by atoms with Gasteiger partial charge in [0.25, 0.3) is 0 Å².